The Morgan fingerprint density at radius 1 is 1.44 bits per heavy atom. The van der Waals surface area contributed by atoms with Crippen molar-refractivity contribution in [1.29, 1.82) is 0 Å². The first-order valence-electron chi connectivity index (χ1n) is 9.48. The number of amides is 1. The predicted octanol–water partition coefficient (Wildman–Crippen LogP) is 4.05. The van der Waals surface area contributed by atoms with E-state index in [1.807, 2.05) is 31.1 Å². The molecule has 3 aromatic heterocycles. The van der Waals surface area contributed by atoms with E-state index in [-0.39, 0.29) is 11.9 Å². The molecule has 0 radical (unpaired) electrons. The highest BCUT2D eigenvalue weighted by Gasteiger charge is 2.28. The molecule has 1 fully saturated rings. The van der Waals surface area contributed by atoms with Crippen molar-refractivity contribution in [3.63, 3.8) is 0 Å². The number of aromatic nitrogens is 3. The van der Waals surface area contributed by atoms with E-state index in [1.165, 1.54) is 0 Å². The summed E-state index contributed by atoms with van der Waals surface area (Å²) < 4.78 is 0. The van der Waals surface area contributed by atoms with Crippen LogP contribution in [0.2, 0.25) is 0 Å². The van der Waals surface area contributed by atoms with Crippen LogP contribution in [0, 0.1) is 12.8 Å². The number of anilines is 1. The molecule has 0 aliphatic carbocycles. The normalized spacial score (nSPS) is 20.2. The zero-order chi connectivity index (χ0) is 19.0. The molecule has 1 aliphatic rings. The average Bonchev–Trinajstić information content (AvgIpc) is 3.29. The van der Waals surface area contributed by atoms with E-state index >= 15 is 0 Å². The van der Waals surface area contributed by atoms with Gasteiger partial charge in [0.15, 0.2) is 0 Å². The molecule has 1 saturated heterocycles. The lowest BCUT2D eigenvalue weighted by Crippen LogP contribution is -2.48. The number of hydrogen-bond acceptors (Lipinski definition) is 5. The van der Waals surface area contributed by atoms with Crippen LogP contribution in [0.1, 0.15) is 32.4 Å². The van der Waals surface area contributed by atoms with E-state index < -0.39 is 0 Å². The minimum Gasteiger partial charge on any atom is -0.379 e. The number of thiazole rings is 1. The number of aryl methyl sites for hydroxylation is 1. The zero-order valence-corrected chi connectivity index (χ0v) is 16.8. The van der Waals surface area contributed by atoms with Crippen molar-refractivity contribution >= 4 is 34.0 Å². The third kappa shape index (κ3) is 3.56. The molecule has 1 amide bonds. The van der Waals surface area contributed by atoms with Crippen molar-refractivity contribution in [2.45, 2.75) is 39.7 Å². The van der Waals surface area contributed by atoms with E-state index in [9.17, 15) is 4.79 Å². The fourth-order valence-corrected chi connectivity index (χ4v) is 4.70. The lowest BCUT2D eigenvalue weighted by molar-refractivity contribution is -0.132. The summed E-state index contributed by atoms with van der Waals surface area (Å²) in [7, 11) is 0. The summed E-state index contributed by atoms with van der Waals surface area (Å²) in [4.78, 5) is 26.7. The SMILES string of the molecule is CCC(=O)N1C[C@@H](C)C[C@@H](Nc2c(-c3nc(C)cs3)cnc3[nH]ccc23)C1. The molecule has 0 saturated carbocycles. The van der Waals surface area contributed by atoms with Crippen LogP contribution in [0.3, 0.4) is 0 Å². The lowest BCUT2D eigenvalue weighted by Gasteiger charge is -2.37. The largest absolute Gasteiger partial charge is 0.379 e. The lowest BCUT2D eigenvalue weighted by atomic mass is 9.95. The standard InChI is InChI=1S/C20H25N5OS/c1-4-17(26)25-9-12(2)7-14(10-25)24-18-15-5-6-21-19(15)22-8-16(18)20-23-13(3)11-27-20/h5-6,8,11-12,14H,4,7,9-10H2,1-3H3,(H2,21,22,24)/t12-,14+/m0/s1. The monoisotopic (exact) mass is 383 g/mol. The van der Waals surface area contributed by atoms with Gasteiger partial charge >= 0.3 is 0 Å². The molecule has 142 valence electrons. The number of carbonyl (C=O) groups excluding carboxylic acids is 1. The van der Waals surface area contributed by atoms with Crippen molar-refractivity contribution in [3.8, 4) is 10.6 Å². The second-order valence-corrected chi connectivity index (χ2v) is 8.27. The molecule has 2 atom stereocenters. The van der Waals surface area contributed by atoms with Gasteiger partial charge in [-0.25, -0.2) is 9.97 Å². The van der Waals surface area contributed by atoms with Crippen LogP contribution in [0.25, 0.3) is 21.6 Å². The highest BCUT2D eigenvalue weighted by molar-refractivity contribution is 7.13. The summed E-state index contributed by atoms with van der Waals surface area (Å²) >= 11 is 1.63. The summed E-state index contributed by atoms with van der Waals surface area (Å²) in [6, 6.07) is 2.26. The molecule has 1 aliphatic heterocycles. The van der Waals surface area contributed by atoms with E-state index in [2.05, 4.69) is 38.6 Å². The zero-order valence-electron chi connectivity index (χ0n) is 16.0. The quantitative estimate of drug-likeness (QED) is 0.713. The maximum absolute atomic E-state index is 12.2. The van der Waals surface area contributed by atoms with Gasteiger partial charge in [0.05, 0.1) is 11.3 Å². The summed E-state index contributed by atoms with van der Waals surface area (Å²) in [5, 5.41) is 7.83. The van der Waals surface area contributed by atoms with Crippen molar-refractivity contribution in [2.75, 3.05) is 18.4 Å². The first kappa shape index (κ1) is 18.0. The number of aromatic amines is 1. The molecule has 27 heavy (non-hydrogen) atoms. The molecule has 0 bridgehead atoms. The van der Waals surface area contributed by atoms with Gasteiger partial charge in [-0.15, -0.1) is 11.3 Å². The number of H-pyrrole nitrogens is 1. The van der Waals surface area contributed by atoms with Crippen molar-refractivity contribution < 1.29 is 4.79 Å². The molecule has 0 unspecified atom stereocenters. The van der Waals surface area contributed by atoms with Gasteiger partial charge in [-0.05, 0) is 25.3 Å². The van der Waals surface area contributed by atoms with Crippen molar-refractivity contribution in [3.05, 3.63) is 29.5 Å². The minimum atomic E-state index is 0.213. The summed E-state index contributed by atoms with van der Waals surface area (Å²) in [6.45, 7) is 7.74. The summed E-state index contributed by atoms with van der Waals surface area (Å²) in [6.07, 6.45) is 5.40. The number of likely N-dealkylation sites (tertiary alicyclic amines) is 1. The number of carbonyl (C=O) groups is 1. The summed E-state index contributed by atoms with van der Waals surface area (Å²) in [5.41, 5.74) is 3.95. The Morgan fingerprint density at radius 3 is 3.04 bits per heavy atom. The molecule has 0 spiro atoms. The van der Waals surface area contributed by atoms with Crippen LogP contribution in [0.4, 0.5) is 5.69 Å². The van der Waals surface area contributed by atoms with Gasteiger partial charge in [0.25, 0.3) is 0 Å². The molecular formula is C20H25N5OS. The summed E-state index contributed by atoms with van der Waals surface area (Å²) in [5.74, 6) is 0.700. The fraction of sp³-hybridized carbons (Fsp3) is 0.450. The van der Waals surface area contributed by atoms with Crippen LogP contribution < -0.4 is 5.32 Å². The van der Waals surface area contributed by atoms with Gasteiger partial charge in [-0.2, -0.15) is 0 Å². The number of pyridine rings is 1. The molecule has 6 nitrogen and oxygen atoms in total. The number of nitrogens with zero attached hydrogens (tertiary/aromatic N) is 3. The Hall–Kier alpha value is -2.41. The molecule has 4 heterocycles. The smallest absolute Gasteiger partial charge is 0.222 e. The number of piperidine rings is 1. The fourth-order valence-electron chi connectivity index (χ4n) is 3.89. The van der Waals surface area contributed by atoms with Gasteiger partial charge in [0.2, 0.25) is 5.91 Å². The van der Waals surface area contributed by atoms with Crippen LogP contribution in [-0.2, 0) is 4.79 Å². The van der Waals surface area contributed by atoms with Gasteiger partial charge in [-0.1, -0.05) is 13.8 Å². The maximum atomic E-state index is 12.2. The third-order valence-electron chi connectivity index (χ3n) is 5.10. The highest BCUT2D eigenvalue weighted by Crippen LogP contribution is 2.36. The molecule has 0 aromatic carbocycles. The molecular weight excluding hydrogens is 358 g/mol. The molecule has 3 aromatic rings. The number of fused-ring (bicyclic) bond motifs is 1. The van der Waals surface area contributed by atoms with Crippen LogP contribution in [-0.4, -0.2) is 44.9 Å². The Morgan fingerprint density at radius 2 is 2.30 bits per heavy atom. The van der Waals surface area contributed by atoms with Crippen LogP contribution >= 0.6 is 11.3 Å². The Bertz CT molecular complexity index is 962. The Labute approximate surface area is 163 Å². The Balaban J connectivity index is 1.70. The third-order valence-corrected chi connectivity index (χ3v) is 6.09. The predicted molar refractivity (Wildman–Crippen MR) is 110 cm³/mol. The van der Waals surface area contributed by atoms with Crippen LogP contribution in [0.15, 0.2) is 23.8 Å². The topological polar surface area (TPSA) is 73.9 Å². The van der Waals surface area contributed by atoms with Crippen molar-refractivity contribution in [1.82, 2.24) is 19.9 Å². The number of rotatable bonds is 4. The second-order valence-electron chi connectivity index (χ2n) is 7.42. The molecule has 4 rings (SSSR count). The maximum Gasteiger partial charge on any atom is 0.222 e. The van der Waals surface area contributed by atoms with E-state index in [0.29, 0.717) is 12.3 Å². The van der Waals surface area contributed by atoms with E-state index in [1.54, 1.807) is 11.3 Å². The highest BCUT2D eigenvalue weighted by atomic mass is 32.1. The minimum absolute atomic E-state index is 0.213. The van der Waals surface area contributed by atoms with Crippen LogP contribution in [0.5, 0.6) is 0 Å². The number of nitrogens with one attached hydrogen (secondary N) is 2. The number of hydrogen-bond donors (Lipinski definition) is 2. The van der Waals surface area contributed by atoms with Gasteiger partial charge in [0, 0.05) is 54.4 Å². The van der Waals surface area contributed by atoms with E-state index in [0.717, 1.165) is 52.5 Å². The van der Waals surface area contributed by atoms with Gasteiger partial charge < -0.3 is 15.2 Å². The first-order chi connectivity index (χ1) is 13.0. The van der Waals surface area contributed by atoms with Crippen molar-refractivity contribution in [2.24, 2.45) is 5.92 Å². The molecule has 7 heteroatoms. The second kappa shape index (κ2) is 7.31. The first-order valence-corrected chi connectivity index (χ1v) is 10.4. The van der Waals surface area contributed by atoms with Gasteiger partial charge in [-0.3, -0.25) is 4.79 Å². The van der Waals surface area contributed by atoms with Gasteiger partial charge in [0.1, 0.15) is 10.7 Å². The Kier molecular flexibility index (Phi) is 4.86. The average molecular weight is 384 g/mol. The van der Waals surface area contributed by atoms with E-state index in [4.69, 9.17) is 0 Å². The molecule has 2 N–H and O–H groups in total.